The van der Waals surface area contributed by atoms with Gasteiger partial charge in [-0.05, 0) is 25.7 Å². The van der Waals surface area contributed by atoms with Gasteiger partial charge in [0.05, 0.1) is 20.3 Å². The van der Waals surface area contributed by atoms with E-state index in [1.165, 1.54) is 11.1 Å². The van der Waals surface area contributed by atoms with Crippen LogP contribution in [0.15, 0.2) is 12.1 Å². The zero-order valence-electron chi connectivity index (χ0n) is 10.9. The molecule has 1 aliphatic heterocycles. The van der Waals surface area contributed by atoms with Crippen LogP contribution in [0.4, 0.5) is 0 Å². The van der Waals surface area contributed by atoms with Crippen molar-refractivity contribution >= 4 is 0 Å². The van der Waals surface area contributed by atoms with Crippen LogP contribution in [0.5, 0.6) is 11.5 Å². The minimum absolute atomic E-state index is 0.347. The van der Waals surface area contributed by atoms with Gasteiger partial charge in [0.1, 0.15) is 11.5 Å². The van der Waals surface area contributed by atoms with Crippen molar-refractivity contribution < 1.29 is 9.47 Å². The number of hydrogen-bond donors (Lipinski definition) is 1. The standard InChI is InChI=1S/C13H20N2O2/c1-15(2)11-8-14-7-9-5-10(16-3)6-12(17-4)13(9)11/h5-6,11,14H,7-8H2,1-4H3/t11-/m1/s1. The number of benzene rings is 1. The van der Waals surface area contributed by atoms with E-state index in [-0.39, 0.29) is 0 Å². The van der Waals surface area contributed by atoms with Gasteiger partial charge >= 0.3 is 0 Å². The monoisotopic (exact) mass is 236 g/mol. The second kappa shape index (κ2) is 4.94. The number of nitrogens with zero attached hydrogens (tertiary/aromatic N) is 1. The summed E-state index contributed by atoms with van der Waals surface area (Å²) in [5.41, 5.74) is 2.53. The Morgan fingerprint density at radius 3 is 2.59 bits per heavy atom. The number of rotatable bonds is 3. The Hall–Kier alpha value is -1.26. The van der Waals surface area contributed by atoms with E-state index in [0.29, 0.717) is 6.04 Å². The van der Waals surface area contributed by atoms with Gasteiger partial charge in [-0.15, -0.1) is 0 Å². The average molecular weight is 236 g/mol. The van der Waals surface area contributed by atoms with Gasteiger partial charge in [0.2, 0.25) is 0 Å². The molecule has 17 heavy (non-hydrogen) atoms. The van der Waals surface area contributed by atoms with Crippen LogP contribution in [-0.4, -0.2) is 39.8 Å². The molecule has 0 amide bonds. The molecule has 0 aliphatic carbocycles. The summed E-state index contributed by atoms with van der Waals surface area (Å²) in [5, 5.41) is 3.42. The van der Waals surface area contributed by atoms with E-state index in [2.05, 4.69) is 30.4 Å². The van der Waals surface area contributed by atoms with E-state index < -0.39 is 0 Å². The topological polar surface area (TPSA) is 33.7 Å². The zero-order valence-corrected chi connectivity index (χ0v) is 10.9. The lowest BCUT2D eigenvalue weighted by molar-refractivity contribution is 0.265. The van der Waals surface area contributed by atoms with E-state index >= 15 is 0 Å². The van der Waals surface area contributed by atoms with Crippen LogP contribution in [0, 0.1) is 0 Å². The molecule has 1 aromatic rings. The van der Waals surface area contributed by atoms with Crippen LogP contribution >= 0.6 is 0 Å². The summed E-state index contributed by atoms with van der Waals surface area (Å²) in [4.78, 5) is 2.21. The quantitative estimate of drug-likeness (QED) is 0.860. The number of hydrogen-bond acceptors (Lipinski definition) is 4. The predicted octanol–water partition coefficient (Wildman–Crippen LogP) is 1.41. The Kier molecular flexibility index (Phi) is 3.54. The van der Waals surface area contributed by atoms with Crippen LogP contribution in [-0.2, 0) is 6.54 Å². The van der Waals surface area contributed by atoms with Gasteiger partial charge in [0, 0.05) is 24.7 Å². The molecule has 0 fully saturated rings. The maximum Gasteiger partial charge on any atom is 0.127 e. The summed E-state index contributed by atoms with van der Waals surface area (Å²) in [5.74, 6) is 1.77. The van der Waals surface area contributed by atoms with Gasteiger partial charge in [0.25, 0.3) is 0 Å². The Balaban J connectivity index is 2.51. The molecule has 1 heterocycles. The van der Waals surface area contributed by atoms with E-state index in [1.807, 2.05) is 6.07 Å². The molecular formula is C13H20N2O2. The summed E-state index contributed by atoms with van der Waals surface area (Å²) in [6.45, 7) is 1.82. The molecule has 4 nitrogen and oxygen atoms in total. The first-order valence-corrected chi connectivity index (χ1v) is 5.79. The molecule has 1 N–H and O–H groups in total. The average Bonchev–Trinajstić information content (AvgIpc) is 2.36. The Morgan fingerprint density at radius 1 is 1.24 bits per heavy atom. The van der Waals surface area contributed by atoms with Gasteiger partial charge in [-0.25, -0.2) is 0 Å². The van der Waals surface area contributed by atoms with Crippen molar-refractivity contribution in [1.29, 1.82) is 0 Å². The SMILES string of the molecule is COc1cc2c(c(OC)c1)[C@H](N(C)C)CNC2. The van der Waals surface area contributed by atoms with Gasteiger partial charge in [-0.1, -0.05) is 0 Å². The summed E-state index contributed by atoms with van der Waals surface area (Å²) in [7, 11) is 7.57. The highest BCUT2D eigenvalue weighted by molar-refractivity contribution is 5.49. The van der Waals surface area contributed by atoms with E-state index in [9.17, 15) is 0 Å². The van der Waals surface area contributed by atoms with Crippen molar-refractivity contribution in [3.05, 3.63) is 23.3 Å². The highest BCUT2D eigenvalue weighted by atomic mass is 16.5. The lowest BCUT2D eigenvalue weighted by Gasteiger charge is -2.32. The van der Waals surface area contributed by atoms with Gasteiger partial charge in [-0.2, -0.15) is 0 Å². The number of likely N-dealkylation sites (N-methyl/N-ethyl adjacent to an activating group) is 1. The van der Waals surface area contributed by atoms with Crippen molar-refractivity contribution in [2.75, 3.05) is 34.9 Å². The molecule has 0 spiro atoms. The second-order valence-electron chi connectivity index (χ2n) is 4.51. The molecule has 2 rings (SSSR count). The number of methoxy groups -OCH3 is 2. The van der Waals surface area contributed by atoms with Gasteiger partial charge < -0.3 is 19.7 Å². The molecule has 0 bridgehead atoms. The third-order valence-electron chi connectivity index (χ3n) is 3.27. The van der Waals surface area contributed by atoms with Crippen molar-refractivity contribution in [2.24, 2.45) is 0 Å². The first-order valence-electron chi connectivity index (χ1n) is 5.79. The predicted molar refractivity (Wildman–Crippen MR) is 67.7 cm³/mol. The van der Waals surface area contributed by atoms with Crippen molar-refractivity contribution in [3.63, 3.8) is 0 Å². The van der Waals surface area contributed by atoms with Crippen LogP contribution in [0.1, 0.15) is 17.2 Å². The van der Waals surface area contributed by atoms with Gasteiger partial charge in [-0.3, -0.25) is 0 Å². The lowest BCUT2D eigenvalue weighted by atomic mass is 9.94. The molecule has 94 valence electrons. The molecule has 1 aromatic carbocycles. The summed E-state index contributed by atoms with van der Waals surface area (Å²) in [6.07, 6.45) is 0. The highest BCUT2D eigenvalue weighted by Gasteiger charge is 2.26. The molecule has 0 radical (unpaired) electrons. The van der Waals surface area contributed by atoms with Gasteiger partial charge in [0.15, 0.2) is 0 Å². The van der Waals surface area contributed by atoms with Crippen molar-refractivity contribution in [2.45, 2.75) is 12.6 Å². The van der Waals surface area contributed by atoms with Crippen LogP contribution in [0.2, 0.25) is 0 Å². The fourth-order valence-corrected chi connectivity index (χ4v) is 2.35. The van der Waals surface area contributed by atoms with Crippen LogP contribution in [0.25, 0.3) is 0 Å². The Bertz CT molecular complexity index is 387. The summed E-state index contributed by atoms with van der Waals surface area (Å²) < 4.78 is 10.8. The minimum Gasteiger partial charge on any atom is -0.497 e. The smallest absolute Gasteiger partial charge is 0.127 e. The first kappa shape index (κ1) is 12.2. The molecular weight excluding hydrogens is 216 g/mol. The van der Waals surface area contributed by atoms with Crippen LogP contribution in [0.3, 0.4) is 0 Å². The zero-order chi connectivity index (χ0) is 12.4. The van der Waals surface area contributed by atoms with E-state index in [4.69, 9.17) is 9.47 Å². The van der Waals surface area contributed by atoms with Crippen molar-refractivity contribution in [1.82, 2.24) is 10.2 Å². The van der Waals surface area contributed by atoms with Crippen LogP contribution < -0.4 is 14.8 Å². The molecule has 1 aliphatic rings. The Morgan fingerprint density at radius 2 is 2.00 bits per heavy atom. The van der Waals surface area contributed by atoms with E-state index in [0.717, 1.165) is 24.6 Å². The molecule has 0 unspecified atom stereocenters. The Labute approximate surface area is 103 Å². The lowest BCUT2D eigenvalue weighted by Crippen LogP contribution is -2.36. The third-order valence-corrected chi connectivity index (χ3v) is 3.27. The molecule has 0 aromatic heterocycles. The van der Waals surface area contributed by atoms with Crippen molar-refractivity contribution in [3.8, 4) is 11.5 Å². The minimum atomic E-state index is 0.347. The third kappa shape index (κ3) is 2.23. The summed E-state index contributed by atoms with van der Waals surface area (Å²) >= 11 is 0. The highest BCUT2D eigenvalue weighted by Crippen LogP contribution is 2.37. The largest absolute Gasteiger partial charge is 0.497 e. The number of fused-ring (bicyclic) bond motifs is 1. The first-order chi connectivity index (χ1) is 8.17. The molecule has 4 heteroatoms. The fraction of sp³-hybridized carbons (Fsp3) is 0.538. The molecule has 0 saturated carbocycles. The molecule has 0 saturated heterocycles. The maximum atomic E-state index is 5.50. The number of ether oxygens (including phenoxy) is 2. The van der Waals surface area contributed by atoms with E-state index in [1.54, 1.807) is 14.2 Å². The normalized spacial score (nSPS) is 19.0. The summed E-state index contributed by atoms with van der Waals surface area (Å²) in [6, 6.07) is 4.39. The second-order valence-corrected chi connectivity index (χ2v) is 4.51. The molecule has 1 atom stereocenters. The number of nitrogens with one attached hydrogen (secondary N) is 1. The fourth-order valence-electron chi connectivity index (χ4n) is 2.35. The maximum absolute atomic E-state index is 5.50.